The second-order valence-electron chi connectivity index (χ2n) is 6.64. The predicted molar refractivity (Wildman–Crippen MR) is 107 cm³/mol. The van der Waals surface area contributed by atoms with Crippen LogP contribution in [0.4, 0.5) is 17.6 Å². The Morgan fingerprint density at radius 1 is 0.963 bits per heavy atom. The summed E-state index contributed by atoms with van der Waals surface area (Å²) in [5.41, 5.74) is 2.45. The third-order valence-electron chi connectivity index (χ3n) is 4.66. The number of aryl methyl sites for hydroxylation is 1. The number of rotatable bonds is 5. The molecule has 0 aliphatic carbocycles. The summed E-state index contributed by atoms with van der Waals surface area (Å²) in [6.07, 6.45) is 3.57. The van der Waals surface area contributed by atoms with Crippen molar-refractivity contribution in [2.75, 3.05) is 41.3 Å². The van der Waals surface area contributed by atoms with Crippen molar-refractivity contribution in [2.24, 2.45) is 0 Å². The molecule has 1 aliphatic heterocycles. The number of pyridine rings is 1. The van der Waals surface area contributed by atoms with E-state index < -0.39 is 0 Å². The Balaban J connectivity index is 1.37. The van der Waals surface area contributed by atoms with Crippen LogP contribution in [0, 0.1) is 6.92 Å². The zero-order chi connectivity index (χ0) is 18.5. The van der Waals surface area contributed by atoms with Crippen LogP contribution in [0.25, 0.3) is 0 Å². The van der Waals surface area contributed by atoms with Gasteiger partial charge in [0.25, 0.3) is 0 Å². The summed E-state index contributed by atoms with van der Waals surface area (Å²) in [5.74, 6) is 2.44. The minimum absolute atomic E-state index is 0.557. The maximum absolute atomic E-state index is 4.64. The Morgan fingerprint density at radius 2 is 1.78 bits per heavy atom. The molecule has 0 bridgehead atoms. The molecule has 7 nitrogen and oxygen atoms in total. The van der Waals surface area contributed by atoms with Crippen LogP contribution in [-0.2, 0) is 6.54 Å². The van der Waals surface area contributed by atoms with Gasteiger partial charge in [-0.2, -0.15) is 10.1 Å². The third kappa shape index (κ3) is 4.31. The smallest absolute Gasteiger partial charge is 0.244 e. The first kappa shape index (κ1) is 17.2. The topological polar surface area (TPSA) is 70.1 Å². The average molecular weight is 361 g/mol. The van der Waals surface area contributed by atoms with E-state index in [0.717, 1.165) is 37.8 Å². The van der Waals surface area contributed by atoms with Gasteiger partial charge < -0.3 is 15.1 Å². The second-order valence-corrected chi connectivity index (χ2v) is 6.64. The summed E-state index contributed by atoms with van der Waals surface area (Å²) < 4.78 is 0. The van der Waals surface area contributed by atoms with Gasteiger partial charge in [0.15, 0.2) is 5.82 Å². The highest BCUT2D eigenvalue weighted by atomic mass is 15.3. The minimum atomic E-state index is 0.557. The highest BCUT2D eigenvalue weighted by molar-refractivity contribution is 5.45. The average Bonchev–Trinajstić information content (AvgIpc) is 2.73. The van der Waals surface area contributed by atoms with Gasteiger partial charge in [-0.3, -0.25) is 0 Å². The molecule has 138 valence electrons. The van der Waals surface area contributed by atoms with E-state index in [2.05, 4.69) is 72.5 Å². The Kier molecular flexibility index (Phi) is 5.09. The number of hydrogen-bond acceptors (Lipinski definition) is 7. The zero-order valence-electron chi connectivity index (χ0n) is 15.4. The Labute approximate surface area is 159 Å². The highest BCUT2D eigenvalue weighted by Crippen LogP contribution is 2.17. The summed E-state index contributed by atoms with van der Waals surface area (Å²) in [4.78, 5) is 13.6. The van der Waals surface area contributed by atoms with Gasteiger partial charge in [-0.15, -0.1) is 5.10 Å². The molecule has 0 radical (unpaired) electrons. The summed E-state index contributed by atoms with van der Waals surface area (Å²) in [6.45, 7) is 6.35. The molecule has 7 heteroatoms. The number of hydrogen-bond donors (Lipinski definition) is 1. The van der Waals surface area contributed by atoms with E-state index in [9.17, 15) is 0 Å². The van der Waals surface area contributed by atoms with Crippen molar-refractivity contribution in [3.05, 3.63) is 66.0 Å². The first-order chi connectivity index (χ1) is 13.3. The van der Waals surface area contributed by atoms with E-state index in [-0.39, 0.29) is 0 Å². The van der Waals surface area contributed by atoms with Gasteiger partial charge in [-0.1, -0.05) is 35.9 Å². The van der Waals surface area contributed by atoms with Crippen LogP contribution in [0.5, 0.6) is 0 Å². The Hall–Kier alpha value is -3.22. The summed E-state index contributed by atoms with van der Waals surface area (Å²) >= 11 is 0. The lowest BCUT2D eigenvalue weighted by molar-refractivity contribution is 0.639. The lowest BCUT2D eigenvalue weighted by Crippen LogP contribution is -2.47. The molecule has 3 aromatic rings. The fraction of sp³-hybridized carbons (Fsp3) is 0.300. The number of nitrogens with one attached hydrogen (secondary N) is 1. The first-order valence-electron chi connectivity index (χ1n) is 9.18. The molecule has 0 spiro atoms. The lowest BCUT2D eigenvalue weighted by Gasteiger charge is -2.35. The molecule has 1 aromatic carbocycles. The maximum atomic E-state index is 4.64. The normalized spacial score (nSPS) is 14.3. The van der Waals surface area contributed by atoms with Crippen LogP contribution in [0.2, 0.25) is 0 Å². The Bertz CT molecular complexity index is 876. The zero-order valence-corrected chi connectivity index (χ0v) is 15.4. The van der Waals surface area contributed by atoms with Crippen LogP contribution < -0.4 is 15.1 Å². The van der Waals surface area contributed by atoms with E-state index in [0.29, 0.717) is 12.5 Å². The van der Waals surface area contributed by atoms with Crippen LogP contribution in [-0.4, -0.2) is 46.3 Å². The molecule has 1 fully saturated rings. The van der Waals surface area contributed by atoms with Gasteiger partial charge in [0.1, 0.15) is 5.82 Å². The molecular weight excluding hydrogens is 338 g/mol. The van der Waals surface area contributed by atoms with Crippen molar-refractivity contribution in [2.45, 2.75) is 13.5 Å². The van der Waals surface area contributed by atoms with E-state index in [4.69, 9.17) is 0 Å². The molecule has 0 amide bonds. The summed E-state index contributed by atoms with van der Waals surface area (Å²) in [6, 6.07) is 14.4. The van der Waals surface area contributed by atoms with Gasteiger partial charge in [-0.05, 0) is 24.6 Å². The number of anilines is 3. The number of piperazine rings is 1. The van der Waals surface area contributed by atoms with Gasteiger partial charge in [0, 0.05) is 38.9 Å². The largest absolute Gasteiger partial charge is 0.353 e. The molecular formula is C20H23N7. The van der Waals surface area contributed by atoms with Crippen LogP contribution in [0.1, 0.15) is 11.1 Å². The molecule has 0 atom stereocenters. The molecule has 1 aliphatic rings. The van der Waals surface area contributed by atoms with E-state index in [1.165, 1.54) is 11.1 Å². The summed E-state index contributed by atoms with van der Waals surface area (Å²) in [5, 5.41) is 11.5. The van der Waals surface area contributed by atoms with E-state index in [1.54, 1.807) is 6.20 Å². The molecule has 0 saturated carbocycles. The van der Waals surface area contributed by atoms with Gasteiger partial charge >= 0.3 is 0 Å². The fourth-order valence-electron chi connectivity index (χ4n) is 3.23. The standard InChI is InChI=1S/C20H23N7/c1-16-5-4-6-17(13-16)14-22-20-24-19(15-23-25-20)27-11-9-26(10-12-27)18-7-2-3-8-21-18/h2-8,13,15H,9-12,14H2,1H3,(H,22,24,25). The van der Waals surface area contributed by atoms with Crippen LogP contribution >= 0.6 is 0 Å². The quantitative estimate of drug-likeness (QED) is 0.749. The van der Waals surface area contributed by atoms with E-state index in [1.807, 2.05) is 18.3 Å². The van der Waals surface area contributed by atoms with Gasteiger partial charge in [-0.25, -0.2) is 4.98 Å². The van der Waals surface area contributed by atoms with Gasteiger partial charge in [0.05, 0.1) is 6.20 Å². The Morgan fingerprint density at radius 3 is 2.52 bits per heavy atom. The van der Waals surface area contributed by atoms with Crippen molar-refractivity contribution in [3.8, 4) is 0 Å². The van der Waals surface area contributed by atoms with Crippen molar-refractivity contribution < 1.29 is 0 Å². The molecule has 4 rings (SSSR count). The number of aromatic nitrogens is 4. The molecule has 27 heavy (non-hydrogen) atoms. The first-order valence-corrected chi connectivity index (χ1v) is 9.18. The molecule has 2 aromatic heterocycles. The van der Waals surface area contributed by atoms with Crippen molar-refractivity contribution in [1.29, 1.82) is 0 Å². The number of nitrogens with zero attached hydrogens (tertiary/aromatic N) is 6. The van der Waals surface area contributed by atoms with Crippen LogP contribution in [0.15, 0.2) is 54.9 Å². The van der Waals surface area contributed by atoms with Crippen LogP contribution in [0.3, 0.4) is 0 Å². The SMILES string of the molecule is Cc1cccc(CNc2nncc(N3CCN(c4ccccn4)CC3)n2)c1. The van der Waals surface area contributed by atoms with Crippen molar-refractivity contribution in [1.82, 2.24) is 20.2 Å². The predicted octanol–water partition coefficient (Wildman–Crippen LogP) is 2.51. The van der Waals surface area contributed by atoms with E-state index >= 15 is 0 Å². The minimum Gasteiger partial charge on any atom is -0.353 e. The van der Waals surface area contributed by atoms with Gasteiger partial charge in [0.2, 0.25) is 5.95 Å². The molecule has 3 heterocycles. The molecule has 1 N–H and O–H groups in total. The maximum Gasteiger partial charge on any atom is 0.244 e. The van der Waals surface area contributed by atoms with Crippen molar-refractivity contribution >= 4 is 17.6 Å². The second kappa shape index (κ2) is 7.99. The molecule has 1 saturated heterocycles. The monoisotopic (exact) mass is 361 g/mol. The van der Waals surface area contributed by atoms with Crippen molar-refractivity contribution in [3.63, 3.8) is 0 Å². The third-order valence-corrected chi connectivity index (χ3v) is 4.66. The molecule has 0 unspecified atom stereocenters. The summed E-state index contributed by atoms with van der Waals surface area (Å²) in [7, 11) is 0. The highest BCUT2D eigenvalue weighted by Gasteiger charge is 2.19. The lowest BCUT2D eigenvalue weighted by atomic mass is 10.1. The number of benzene rings is 1. The fourth-order valence-corrected chi connectivity index (χ4v) is 3.23.